The largest absolute Gasteiger partial charge is 0.103 e. The van der Waals surface area contributed by atoms with Crippen LogP contribution in [0.2, 0.25) is 0 Å². The molecule has 0 aliphatic heterocycles. The van der Waals surface area contributed by atoms with Gasteiger partial charge in [-0.3, -0.25) is 0 Å². The van der Waals surface area contributed by atoms with E-state index in [1.165, 1.54) is 64.2 Å². The molecule has 1 radical (unpaired) electrons. The third kappa shape index (κ3) is 5.13. The summed E-state index contributed by atoms with van der Waals surface area (Å²) >= 11 is 0. The van der Waals surface area contributed by atoms with Crippen molar-refractivity contribution in [2.45, 2.75) is 64.2 Å². The molecule has 0 spiro atoms. The Morgan fingerprint density at radius 1 is 0.846 bits per heavy atom. The van der Waals surface area contributed by atoms with Gasteiger partial charge in [-0.15, -0.1) is 6.58 Å². The zero-order valence-corrected chi connectivity index (χ0v) is 8.86. The van der Waals surface area contributed by atoms with E-state index in [1.54, 1.807) is 5.92 Å². The first kappa shape index (κ1) is 10.8. The molecule has 1 aliphatic carbocycles. The summed E-state index contributed by atoms with van der Waals surface area (Å²) in [6.45, 7) is 3.83. The van der Waals surface area contributed by atoms with Crippen molar-refractivity contribution in [2.75, 3.05) is 0 Å². The Hall–Kier alpha value is -0.260. The monoisotopic (exact) mass is 179 g/mol. The molecule has 0 bridgehead atoms. The van der Waals surface area contributed by atoms with E-state index < -0.39 is 0 Å². The molecule has 13 heavy (non-hydrogen) atoms. The van der Waals surface area contributed by atoms with E-state index in [2.05, 4.69) is 12.7 Å². The third-order valence-electron chi connectivity index (χ3n) is 2.99. The first-order valence-electron chi connectivity index (χ1n) is 5.88. The van der Waals surface area contributed by atoms with E-state index in [4.69, 9.17) is 0 Å². The van der Waals surface area contributed by atoms with Crippen LogP contribution in [0.5, 0.6) is 0 Å². The standard InChI is InChI=1S/C13H23/c1-2-10-13-11-8-6-4-3-5-7-9-12-13/h2H,1,3-12H2. The number of hydrogen-bond acceptors (Lipinski definition) is 0. The van der Waals surface area contributed by atoms with Crippen molar-refractivity contribution in [1.82, 2.24) is 0 Å². The Balaban J connectivity index is 2.21. The van der Waals surface area contributed by atoms with Gasteiger partial charge in [0, 0.05) is 0 Å². The predicted octanol–water partition coefficient (Wildman–Crippen LogP) is 4.66. The van der Waals surface area contributed by atoms with Crippen LogP contribution in [0, 0.1) is 5.92 Å². The Bertz CT molecular complexity index is 116. The summed E-state index contributed by atoms with van der Waals surface area (Å²) in [4.78, 5) is 0. The van der Waals surface area contributed by atoms with Crippen LogP contribution >= 0.6 is 0 Å². The molecule has 0 unspecified atom stereocenters. The van der Waals surface area contributed by atoms with Gasteiger partial charge in [-0.25, -0.2) is 0 Å². The second-order valence-corrected chi connectivity index (χ2v) is 4.22. The Morgan fingerprint density at radius 2 is 1.31 bits per heavy atom. The van der Waals surface area contributed by atoms with Gasteiger partial charge in [0.1, 0.15) is 0 Å². The lowest BCUT2D eigenvalue weighted by Gasteiger charge is -2.15. The van der Waals surface area contributed by atoms with Crippen molar-refractivity contribution in [3.05, 3.63) is 18.6 Å². The second kappa shape index (κ2) is 7.17. The molecule has 0 aromatic carbocycles. The van der Waals surface area contributed by atoms with Crippen LogP contribution in [0.25, 0.3) is 0 Å². The van der Waals surface area contributed by atoms with Gasteiger partial charge in [-0.2, -0.15) is 0 Å². The van der Waals surface area contributed by atoms with Crippen molar-refractivity contribution < 1.29 is 0 Å². The Kier molecular flexibility index (Phi) is 5.97. The molecule has 1 rings (SSSR count). The molecule has 0 heteroatoms. The number of rotatable bonds is 2. The van der Waals surface area contributed by atoms with Crippen molar-refractivity contribution >= 4 is 0 Å². The van der Waals surface area contributed by atoms with Crippen LogP contribution in [0.4, 0.5) is 0 Å². The predicted molar refractivity (Wildman–Crippen MR) is 59.6 cm³/mol. The van der Waals surface area contributed by atoms with E-state index >= 15 is 0 Å². The minimum Gasteiger partial charge on any atom is -0.103 e. The van der Waals surface area contributed by atoms with Crippen LogP contribution in [-0.2, 0) is 0 Å². The summed E-state index contributed by atoms with van der Waals surface area (Å²) in [6.07, 6.45) is 16.1. The lowest BCUT2D eigenvalue weighted by molar-refractivity contribution is 0.516. The van der Waals surface area contributed by atoms with E-state index in [9.17, 15) is 0 Å². The van der Waals surface area contributed by atoms with Gasteiger partial charge in [0.05, 0.1) is 0 Å². The Morgan fingerprint density at radius 3 is 1.77 bits per heavy atom. The normalized spacial score (nSPS) is 22.5. The molecule has 0 saturated heterocycles. The van der Waals surface area contributed by atoms with Gasteiger partial charge in [-0.1, -0.05) is 51.0 Å². The molecule has 1 aliphatic rings. The molecule has 0 N–H and O–H groups in total. The van der Waals surface area contributed by atoms with Gasteiger partial charge < -0.3 is 0 Å². The summed E-state index contributed by atoms with van der Waals surface area (Å²) < 4.78 is 0. The van der Waals surface area contributed by atoms with Gasteiger partial charge in [0.15, 0.2) is 0 Å². The van der Waals surface area contributed by atoms with Crippen LogP contribution < -0.4 is 0 Å². The molecule has 75 valence electrons. The summed E-state index contributed by atoms with van der Waals surface area (Å²) in [7, 11) is 0. The SMILES string of the molecule is C=CC[C]1CCCCCCCCC1. The summed E-state index contributed by atoms with van der Waals surface area (Å²) in [5.41, 5.74) is 0. The molecule has 1 fully saturated rings. The minimum atomic E-state index is 1.17. The highest BCUT2D eigenvalue weighted by atomic mass is 14.1. The average molecular weight is 179 g/mol. The van der Waals surface area contributed by atoms with Crippen LogP contribution in [0.3, 0.4) is 0 Å². The van der Waals surface area contributed by atoms with Crippen molar-refractivity contribution in [2.24, 2.45) is 0 Å². The van der Waals surface area contributed by atoms with Crippen molar-refractivity contribution in [3.63, 3.8) is 0 Å². The lowest BCUT2D eigenvalue weighted by Crippen LogP contribution is -1.98. The number of allylic oxidation sites excluding steroid dienone is 1. The fourth-order valence-corrected chi connectivity index (χ4v) is 2.17. The van der Waals surface area contributed by atoms with E-state index in [-0.39, 0.29) is 0 Å². The maximum atomic E-state index is 3.83. The lowest BCUT2D eigenvalue weighted by atomic mass is 9.90. The highest BCUT2D eigenvalue weighted by Crippen LogP contribution is 2.25. The van der Waals surface area contributed by atoms with Crippen LogP contribution in [-0.4, -0.2) is 0 Å². The maximum absolute atomic E-state index is 3.83. The third-order valence-corrected chi connectivity index (χ3v) is 2.99. The highest BCUT2D eigenvalue weighted by Gasteiger charge is 2.08. The molecular formula is C13H23. The molecule has 0 heterocycles. The zero-order valence-electron chi connectivity index (χ0n) is 8.86. The van der Waals surface area contributed by atoms with Gasteiger partial charge in [-0.05, 0) is 25.2 Å². The molecule has 0 atom stereocenters. The van der Waals surface area contributed by atoms with E-state index in [0.717, 1.165) is 0 Å². The first-order chi connectivity index (χ1) is 6.43. The summed E-state index contributed by atoms with van der Waals surface area (Å²) in [6, 6.07) is 0. The fourth-order valence-electron chi connectivity index (χ4n) is 2.17. The second-order valence-electron chi connectivity index (χ2n) is 4.22. The van der Waals surface area contributed by atoms with Gasteiger partial charge in [0.2, 0.25) is 0 Å². The Labute approximate surface area is 83.4 Å². The van der Waals surface area contributed by atoms with E-state index in [1.807, 2.05) is 0 Å². The van der Waals surface area contributed by atoms with Crippen LogP contribution in [0.15, 0.2) is 12.7 Å². The summed E-state index contributed by atoms with van der Waals surface area (Å²) in [5.74, 6) is 1.75. The average Bonchev–Trinajstić information content (AvgIpc) is 2.16. The molecule has 0 aromatic heterocycles. The quantitative estimate of drug-likeness (QED) is 0.541. The topological polar surface area (TPSA) is 0 Å². The smallest absolute Gasteiger partial charge is 0.0204 e. The zero-order chi connectivity index (χ0) is 9.36. The molecule has 1 saturated carbocycles. The molecular weight excluding hydrogens is 156 g/mol. The maximum Gasteiger partial charge on any atom is -0.0204 e. The van der Waals surface area contributed by atoms with Crippen molar-refractivity contribution in [3.8, 4) is 0 Å². The minimum absolute atomic E-state index is 1.17. The summed E-state index contributed by atoms with van der Waals surface area (Å²) in [5, 5.41) is 0. The first-order valence-corrected chi connectivity index (χ1v) is 5.88. The van der Waals surface area contributed by atoms with Gasteiger partial charge >= 0.3 is 0 Å². The van der Waals surface area contributed by atoms with Crippen molar-refractivity contribution in [1.29, 1.82) is 0 Å². The fraction of sp³-hybridized carbons (Fsp3) is 0.769. The van der Waals surface area contributed by atoms with E-state index in [0.29, 0.717) is 0 Å². The molecule has 0 nitrogen and oxygen atoms in total. The highest BCUT2D eigenvalue weighted by molar-refractivity contribution is 4.95. The molecule has 0 aromatic rings. The molecule has 0 amide bonds. The number of hydrogen-bond donors (Lipinski definition) is 0. The van der Waals surface area contributed by atoms with Gasteiger partial charge in [0.25, 0.3) is 0 Å². The van der Waals surface area contributed by atoms with Crippen LogP contribution in [0.1, 0.15) is 64.2 Å².